The average Bonchev–Trinajstić information content (AvgIpc) is 3.05. The molecule has 0 amide bonds. The summed E-state index contributed by atoms with van der Waals surface area (Å²) in [5.74, 6) is 0.246. The standard InChI is InChI=1S/C15H17IN2O/c1-2-18-9-12(15(19)13-4-3-7-17-13)11-6-5-10(16)8-14(11)18/h5-6,8-9,13,17H,2-4,7H2,1H3. The van der Waals surface area contributed by atoms with Crippen molar-refractivity contribution in [2.24, 2.45) is 0 Å². The minimum Gasteiger partial charge on any atom is -0.347 e. The van der Waals surface area contributed by atoms with Crippen molar-refractivity contribution in [2.45, 2.75) is 32.4 Å². The van der Waals surface area contributed by atoms with Gasteiger partial charge in [0.05, 0.1) is 6.04 Å². The number of aromatic nitrogens is 1. The first-order valence-corrected chi connectivity index (χ1v) is 7.84. The van der Waals surface area contributed by atoms with E-state index in [1.165, 1.54) is 3.57 Å². The van der Waals surface area contributed by atoms with Crippen molar-refractivity contribution in [2.75, 3.05) is 6.54 Å². The summed E-state index contributed by atoms with van der Waals surface area (Å²) < 4.78 is 3.37. The molecule has 0 aliphatic carbocycles. The first-order chi connectivity index (χ1) is 9.20. The van der Waals surface area contributed by atoms with E-state index in [-0.39, 0.29) is 11.8 Å². The summed E-state index contributed by atoms with van der Waals surface area (Å²) in [6, 6.07) is 6.31. The summed E-state index contributed by atoms with van der Waals surface area (Å²) in [4.78, 5) is 12.6. The summed E-state index contributed by atoms with van der Waals surface area (Å²) in [7, 11) is 0. The van der Waals surface area contributed by atoms with Gasteiger partial charge in [-0.3, -0.25) is 4.79 Å². The number of Topliss-reactive ketones (excluding diaryl/α,β-unsaturated/α-hetero) is 1. The second-order valence-electron chi connectivity index (χ2n) is 5.00. The molecular formula is C15H17IN2O. The van der Waals surface area contributed by atoms with Crippen LogP contribution < -0.4 is 5.32 Å². The van der Waals surface area contributed by atoms with Crippen LogP contribution >= 0.6 is 22.6 Å². The molecule has 0 radical (unpaired) electrons. The number of rotatable bonds is 3. The lowest BCUT2D eigenvalue weighted by atomic mass is 10.0. The third-order valence-electron chi connectivity index (χ3n) is 3.83. The van der Waals surface area contributed by atoms with Gasteiger partial charge in [0.15, 0.2) is 5.78 Å². The van der Waals surface area contributed by atoms with Gasteiger partial charge < -0.3 is 9.88 Å². The number of benzene rings is 1. The van der Waals surface area contributed by atoms with E-state index >= 15 is 0 Å². The van der Waals surface area contributed by atoms with Crippen LogP contribution in [0.2, 0.25) is 0 Å². The number of ketones is 1. The molecule has 1 aromatic heterocycles. The first-order valence-electron chi connectivity index (χ1n) is 6.76. The van der Waals surface area contributed by atoms with Gasteiger partial charge >= 0.3 is 0 Å². The van der Waals surface area contributed by atoms with Crippen LogP contribution in [-0.2, 0) is 6.54 Å². The Hall–Kier alpha value is -0.880. The molecule has 1 aliphatic heterocycles. The van der Waals surface area contributed by atoms with E-state index in [0.717, 1.165) is 42.4 Å². The van der Waals surface area contributed by atoms with E-state index in [9.17, 15) is 4.79 Å². The zero-order chi connectivity index (χ0) is 13.4. The fourth-order valence-corrected chi connectivity index (χ4v) is 3.29. The highest BCUT2D eigenvalue weighted by Crippen LogP contribution is 2.26. The highest BCUT2D eigenvalue weighted by atomic mass is 127. The molecule has 1 aromatic carbocycles. The predicted octanol–water partition coefficient (Wildman–Crippen LogP) is 3.20. The number of nitrogens with one attached hydrogen (secondary N) is 1. The van der Waals surface area contributed by atoms with Crippen LogP contribution in [0.3, 0.4) is 0 Å². The highest BCUT2D eigenvalue weighted by Gasteiger charge is 2.25. The van der Waals surface area contributed by atoms with E-state index < -0.39 is 0 Å². The molecule has 1 fully saturated rings. The molecule has 1 saturated heterocycles. The van der Waals surface area contributed by atoms with Crippen LogP contribution in [0.4, 0.5) is 0 Å². The molecule has 1 aliphatic rings. The number of nitrogens with zero attached hydrogens (tertiary/aromatic N) is 1. The number of hydrogen-bond donors (Lipinski definition) is 1. The lowest BCUT2D eigenvalue weighted by molar-refractivity contribution is 0.0954. The highest BCUT2D eigenvalue weighted by molar-refractivity contribution is 14.1. The topological polar surface area (TPSA) is 34.0 Å². The molecule has 1 atom stereocenters. The number of carbonyl (C=O) groups excluding carboxylic acids is 1. The summed E-state index contributed by atoms with van der Waals surface area (Å²) in [5, 5.41) is 4.38. The minimum absolute atomic E-state index is 0.00943. The lowest BCUT2D eigenvalue weighted by Crippen LogP contribution is -2.30. The van der Waals surface area contributed by atoms with Crippen molar-refractivity contribution in [1.82, 2.24) is 9.88 Å². The van der Waals surface area contributed by atoms with Crippen molar-refractivity contribution in [3.05, 3.63) is 33.5 Å². The van der Waals surface area contributed by atoms with Crippen molar-refractivity contribution in [1.29, 1.82) is 0 Å². The van der Waals surface area contributed by atoms with Crippen LogP contribution in [0.15, 0.2) is 24.4 Å². The largest absolute Gasteiger partial charge is 0.347 e. The average molecular weight is 368 g/mol. The molecule has 2 heterocycles. The van der Waals surface area contributed by atoms with Crippen molar-refractivity contribution < 1.29 is 4.79 Å². The lowest BCUT2D eigenvalue weighted by Gasteiger charge is -2.07. The summed E-state index contributed by atoms with van der Waals surface area (Å²) in [6.45, 7) is 3.96. The molecule has 1 N–H and O–H groups in total. The second-order valence-corrected chi connectivity index (χ2v) is 6.25. The molecule has 0 spiro atoms. The number of halogens is 1. The Morgan fingerprint density at radius 1 is 1.53 bits per heavy atom. The first kappa shape index (κ1) is 13.1. The monoisotopic (exact) mass is 368 g/mol. The van der Waals surface area contributed by atoms with Crippen LogP contribution in [0.25, 0.3) is 10.9 Å². The van der Waals surface area contributed by atoms with Crippen LogP contribution in [0, 0.1) is 3.57 Å². The minimum atomic E-state index is 0.00943. The molecule has 0 bridgehead atoms. The van der Waals surface area contributed by atoms with Gasteiger partial charge in [-0.05, 0) is 61.0 Å². The van der Waals surface area contributed by atoms with E-state index in [1.54, 1.807) is 0 Å². The Balaban J connectivity index is 2.10. The third kappa shape index (κ3) is 2.31. The zero-order valence-electron chi connectivity index (χ0n) is 10.9. The maximum absolute atomic E-state index is 12.6. The molecule has 1 unspecified atom stereocenters. The Labute approximate surface area is 126 Å². The Morgan fingerprint density at radius 2 is 2.37 bits per heavy atom. The molecule has 0 saturated carbocycles. The van der Waals surface area contributed by atoms with Crippen LogP contribution in [0.5, 0.6) is 0 Å². The smallest absolute Gasteiger partial charge is 0.181 e. The Bertz CT molecular complexity index is 626. The summed E-state index contributed by atoms with van der Waals surface area (Å²) in [5.41, 5.74) is 2.03. The fraction of sp³-hybridized carbons (Fsp3) is 0.400. The van der Waals surface area contributed by atoms with Gasteiger partial charge in [0.25, 0.3) is 0 Å². The molecular weight excluding hydrogens is 351 g/mol. The van der Waals surface area contributed by atoms with Gasteiger partial charge in [0.2, 0.25) is 0 Å². The Morgan fingerprint density at radius 3 is 3.05 bits per heavy atom. The van der Waals surface area contributed by atoms with Crippen LogP contribution in [-0.4, -0.2) is 22.9 Å². The van der Waals surface area contributed by atoms with Crippen molar-refractivity contribution in [3.8, 4) is 0 Å². The van der Waals surface area contributed by atoms with Crippen LogP contribution in [0.1, 0.15) is 30.1 Å². The van der Waals surface area contributed by atoms with Crippen molar-refractivity contribution in [3.63, 3.8) is 0 Å². The van der Waals surface area contributed by atoms with E-state index in [1.807, 2.05) is 6.20 Å². The molecule has 4 heteroatoms. The predicted molar refractivity (Wildman–Crippen MR) is 85.7 cm³/mol. The molecule has 19 heavy (non-hydrogen) atoms. The van der Waals surface area contributed by atoms with E-state index in [4.69, 9.17) is 0 Å². The number of carbonyl (C=O) groups is 1. The maximum atomic E-state index is 12.6. The quantitative estimate of drug-likeness (QED) is 0.667. The number of hydrogen-bond acceptors (Lipinski definition) is 2. The second kappa shape index (κ2) is 5.25. The molecule has 2 aromatic rings. The normalized spacial score (nSPS) is 19.2. The van der Waals surface area contributed by atoms with Gasteiger partial charge in [0, 0.05) is 32.8 Å². The molecule has 3 nitrogen and oxygen atoms in total. The number of fused-ring (bicyclic) bond motifs is 1. The SMILES string of the molecule is CCn1cc(C(=O)C2CCCN2)c2ccc(I)cc21. The van der Waals surface area contributed by atoms with E-state index in [0.29, 0.717) is 0 Å². The van der Waals surface area contributed by atoms with Crippen molar-refractivity contribution >= 4 is 39.3 Å². The molecule has 3 rings (SSSR count). The van der Waals surface area contributed by atoms with Gasteiger partial charge in [-0.25, -0.2) is 0 Å². The summed E-state index contributed by atoms with van der Waals surface area (Å²) in [6.07, 6.45) is 4.08. The fourth-order valence-electron chi connectivity index (χ4n) is 2.82. The number of aryl methyl sites for hydroxylation is 1. The zero-order valence-corrected chi connectivity index (χ0v) is 13.1. The van der Waals surface area contributed by atoms with Gasteiger partial charge in [-0.15, -0.1) is 0 Å². The maximum Gasteiger partial charge on any atom is 0.181 e. The van der Waals surface area contributed by atoms with Gasteiger partial charge in [0.1, 0.15) is 0 Å². The third-order valence-corrected chi connectivity index (χ3v) is 4.50. The Kier molecular flexibility index (Phi) is 3.62. The summed E-state index contributed by atoms with van der Waals surface area (Å²) >= 11 is 2.32. The molecule has 100 valence electrons. The van der Waals surface area contributed by atoms with Gasteiger partial charge in [-0.1, -0.05) is 6.07 Å². The van der Waals surface area contributed by atoms with Gasteiger partial charge in [-0.2, -0.15) is 0 Å². The van der Waals surface area contributed by atoms with E-state index in [2.05, 4.69) is 57.6 Å².